The van der Waals surface area contributed by atoms with Crippen molar-refractivity contribution in [3.05, 3.63) is 69.6 Å². The quantitative estimate of drug-likeness (QED) is 0.0702. The number of amides is 3. The Labute approximate surface area is 300 Å². The molecule has 7 N–H and O–H groups in total. The number of aliphatic carboxylic acids is 1. The number of hydrogen-bond acceptors (Lipinski definition) is 13. The molecule has 2 aliphatic heterocycles. The number of nitrogens with zero attached hydrogens (tertiary/aromatic N) is 4. The maximum Gasteiger partial charge on any atom is 0.323 e. The van der Waals surface area contributed by atoms with Crippen LogP contribution in [0.4, 0.5) is 27.0 Å². The van der Waals surface area contributed by atoms with Crippen LogP contribution in [0, 0.1) is 11.3 Å². The number of urea groups is 1. The SMILES string of the molecule is CO/N=C(\C(=O)C[C@@H]1C(=O)N2C(C(=O)[O-])=C(C[n+]3ccc(N)c(NC(=O)Nc4ccc(CCCC(C)=N)cc4)c3)CS[C@H]12)c1nc(N)sc1Cl. The summed E-state index contributed by atoms with van der Waals surface area (Å²) >= 11 is 8.45. The number of aryl methyl sites for hydroxylation is 1. The van der Waals surface area contributed by atoms with E-state index in [2.05, 4.69) is 20.8 Å². The van der Waals surface area contributed by atoms with Crippen molar-refractivity contribution in [3.8, 4) is 0 Å². The molecule has 262 valence electrons. The lowest BCUT2D eigenvalue weighted by Crippen LogP contribution is -2.63. The van der Waals surface area contributed by atoms with Crippen molar-refractivity contribution in [3.63, 3.8) is 0 Å². The summed E-state index contributed by atoms with van der Waals surface area (Å²) in [7, 11) is 1.25. The van der Waals surface area contributed by atoms with Gasteiger partial charge in [-0.3, -0.25) is 14.5 Å². The number of carbonyl (C=O) groups is 4. The topological polar surface area (TPSA) is 233 Å². The van der Waals surface area contributed by atoms with E-state index in [9.17, 15) is 24.3 Å². The summed E-state index contributed by atoms with van der Waals surface area (Å²) in [5.41, 5.74) is 14.7. The van der Waals surface area contributed by atoms with E-state index in [0.29, 0.717) is 17.0 Å². The Bertz CT molecular complexity index is 1910. The number of carboxylic acid groups (broad SMARTS) is 1. The third-order valence-electron chi connectivity index (χ3n) is 7.93. The van der Waals surface area contributed by atoms with E-state index in [4.69, 9.17) is 33.3 Å². The van der Waals surface area contributed by atoms with Gasteiger partial charge in [-0.05, 0) is 43.9 Å². The molecule has 15 nitrogen and oxygen atoms in total. The number of halogens is 1. The normalized spacial score (nSPS) is 17.1. The number of carboxylic acids is 1. The number of carbonyl (C=O) groups excluding carboxylic acids is 4. The van der Waals surface area contributed by atoms with Gasteiger partial charge >= 0.3 is 6.03 Å². The molecule has 0 radical (unpaired) electrons. The predicted molar refractivity (Wildman–Crippen MR) is 190 cm³/mol. The second kappa shape index (κ2) is 15.7. The number of nitrogens with two attached hydrogens (primary N) is 2. The molecule has 50 heavy (non-hydrogen) atoms. The number of oxime groups is 1. The summed E-state index contributed by atoms with van der Waals surface area (Å²) in [4.78, 5) is 61.7. The number of ketones is 1. The Morgan fingerprint density at radius 3 is 2.60 bits per heavy atom. The molecule has 18 heteroatoms. The van der Waals surface area contributed by atoms with Crippen LogP contribution in [0.15, 0.2) is 59.2 Å². The van der Waals surface area contributed by atoms with Crippen molar-refractivity contribution < 1.29 is 33.7 Å². The molecule has 0 spiro atoms. The van der Waals surface area contributed by atoms with Crippen LogP contribution < -0.4 is 31.8 Å². The monoisotopic (exact) mass is 739 g/mol. The number of β-lactam (4-membered cyclic amide) rings is 1. The molecule has 1 saturated heterocycles. The van der Waals surface area contributed by atoms with Crippen LogP contribution in [0.3, 0.4) is 0 Å². The number of rotatable bonds is 14. The molecule has 3 aromatic rings. The van der Waals surface area contributed by atoms with E-state index in [1.807, 2.05) is 12.1 Å². The molecule has 0 bridgehead atoms. The lowest BCUT2D eigenvalue weighted by molar-refractivity contribution is -0.688. The number of aromatic nitrogens is 2. The smallest absolute Gasteiger partial charge is 0.323 e. The first-order valence-electron chi connectivity index (χ1n) is 15.3. The molecule has 5 rings (SSSR count). The number of benzene rings is 1. The van der Waals surface area contributed by atoms with Crippen LogP contribution in [0.25, 0.3) is 0 Å². The van der Waals surface area contributed by atoms with E-state index in [0.717, 1.165) is 41.1 Å². The first-order chi connectivity index (χ1) is 23.9. The summed E-state index contributed by atoms with van der Waals surface area (Å²) in [5.74, 6) is -3.24. The summed E-state index contributed by atoms with van der Waals surface area (Å²) in [5, 5.41) is 28.7. The third kappa shape index (κ3) is 8.23. The van der Waals surface area contributed by atoms with Gasteiger partial charge < -0.3 is 42.2 Å². The summed E-state index contributed by atoms with van der Waals surface area (Å²) in [6.45, 7) is 1.84. The van der Waals surface area contributed by atoms with Crippen molar-refractivity contribution >= 4 is 92.0 Å². The van der Waals surface area contributed by atoms with Gasteiger partial charge in [0, 0.05) is 35.2 Å². The zero-order valence-electron chi connectivity index (χ0n) is 27.0. The third-order valence-corrected chi connectivity index (χ3v) is 10.4. The highest BCUT2D eigenvalue weighted by Crippen LogP contribution is 2.45. The van der Waals surface area contributed by atoms with Crippen LogP contribution in [-0.2, 0) is 32.2 Å². The minimum atomic E-state index is -1.53. The van der Waals surface area contributed by atoms with Gasteiger partial charge in [-0.2, -0.15) is 4.57 Å². The fourth-order valence-corrected chi connectivity index (χ4v) is 7.91. The van der Waals surface area contributed by atoms with E-state index in [1.54, 1.807) is 42.1 Å². The Morgan fingerprint density at radius 2 is 1.96 bits per heavy atom. The first kappa shape index (κ1) is 36.3. The number of nitrogen functional groups attached to an aromatic ring is 2. The van der Waals surface area contributed by atoms with E-state index < -0.39 is 35.0 Å². The summed E-state index contributed by atoms with van der Waals surface area (Å²) in [6, 6.07) is 8.45. The van der Waals surface area contributed by atoms with Gasteiger partial charge in [0.2, 0.25) is 5.91 Å². The van der Waals surface area contributed by atoms with Crippen LogP contribution in [0.5, 0.6) is 0 Å². The molecule has 4 heterocycles. The number of Topliss-reactive ketones (excluding diaryl/α,β-unsaturated/α-hetero) is 1. The largest absolute Gasteiger partial charge is 0.543 e. The standard InChI is InChI=1S/C32H34ClN9O6S2/c1-16(34)4-3-5-17-6-8-19(9-7-17)37-32(47)38-22-14-41(11-10-21(22)35)13-18-15-49-29-20(28(44)42(29)26(18)30(45)46)12-23(43)24(40-48-2)25-27(33)50-31(36)39-25/h6-11,14,20,29,34-35H,3-5,12-13,15H2,1-2H3,(H5,36,37,38,39,45,46,47)/b34-16?,40-24+/t20-,29-/m1/s1. The molecular weight excluding hydrogens is 706 g/mol. The molecule has 0 saturated carbocycles. The van der Waals surface area contributed by atoms with Gasteiger partial charge in [-0.25, -0.2) is 9.78 Å². The van der Waals surface area contributed by atoms with Gasteiger partial charge in [-0.15, -0.1) is 11.8 Å². The van der Waals surface area contributed by atoms with Gasteiger partial charge in [-0.1, -0.05) is 40.2 Å². The van der Waals surface area contributed by atoms with Gasteiger partial charge in [0.25, 0.3) is 0 Å². The maximum absolute atomic E-state index is 13.3. The van der Waals surface area contributed by atoms with Gasteiger partial charge in [0.1, 0.15) is 22.8 Å². The molecule has 1 aromatic carbocycles. The number of thioether (sulfide) groups is 1. The molecule has 0 unspecified atom stereocenters. The van der Waals surface area contributed by atoms with Crippen LogP contribution in [0.1, 0.15) is 37.4 Å². The predicted octanol–water partition coefficient (Wildman–Crippen LogP) is 2.80. The fourth-order valence-electron chi connectivity index (χ4n) is 5.57. The summed E-state index contributed by atoms with van der Waals surface area (Å²) in [6.07, 6.45) is 5.35. The van der Waals surface area contributed by atoms with Crippen LogP contribution in [-0.4, -0.2) is 63.2 Å². The van der Waals surface area contributed by atoms with Crippen molar-refractivity contribution in [2.24, 2.45) is 11.1 Å². The van der Waals surface area contributed by atoms with Gasteiger partial charge in [0.15, 0.2) is 35.6 Å². The molecule has 1 fully saturated rings. The minimum absolute atomic E-state index is 0.0427. The number of fused-ring (bicyclic) bond motifs is 1. The highest BCUT2D eigenvalue weighted by atomic mass is 35.5. The number of pyridine rings is 1. The van der Waals surface area contributed by atoms with E-state index in [1.165, 1.54) is 18.9 Å². The average Bonchev–Trinajstić information content (AvgIpc) is 3.40. The van der Waals surface area contributed by atoms with Crippen molar-refractivity contribution in [2.45, 2.75) is 44.5 Å². The molecule has 2 atom stereocenters. The van der Waals surface area contributed by atoms with Gasteiger partial charge in [0.05, 0.1) is 28.6 Å². The van der Waals surface area contributed by atoms with E-state index >= 15 is 0 Å². The molecular formula is C32H34ClN9O6S2. The highest BCUT2D eigenvalue weighted by Gasteiger charge is 2.53. The second-order valence-corrected chi connectivity index (χ2v) is 14.3. The maximum atomic E-state index is 13.3. The molecule has 2 aliphatic rings. The Morgan fingerprint density at radius 1 is 1.22 bits per heavy atom. The fraction of sp³-hybridized carbons (Fsp3) is 0.312. The Kier molecular flexibility index (Phi) is 11.4. The minimum Gasteiger partial charge on any atom is -0.543 e. The van der Waals surface area contributed by atoms with E-state index in [-0.39, 0.29) is 56.7 Å². The first-order valence-corrected chi connectivity index (χ1v) is 17.5. The number of nitrogens with one attached hydrogen (secondary N) is 3. The average molecular weight is 740 g/mol. The highest BCUT2D eigenvalue weighted by molar-refractivity contribution is 8.00. The lowest BCUT2D eigenvalue weighted by Gasteiger charge is -2.50. The summed E-state index contributed by atoms with van der Waals surface area (Å²) < 4.78 is 1.77. The lowest BCUT2D eigenvalue weighted by atomic mass is 9.89. The van der Waals surface area contributed by atoms with Crippen molar-refractivity contribution in [1.82, 2.24) is 9.88 Å². The van der Waals surface area contributed by atoms with Crippen LogP contribution in [0.2, 0.25) is 4.34 Å². The molecule has 0 aliphatic carbocycles. The molecule has 2 aromatic heterocycles. The number of thiazole rings is 1. The molecule has 3 amide bonds. The van der Waals surface area contributed by atoms with Crippen molar-refractivity contribution in [2.75, 3.05) is 35.0 Å². The van der Waals surface area contributed by atoms with Crippen LogP contribution >= 0.6 is 34.7 Å². The number of hydrogen-bond donors (Lipinski definition) is 5. The zero-order chi connectivity index (χ0) is 36.1. The Balaban J connectivity index is 1.25. The number of anilines is 4. The zero-order valence-corrected chi connectivity index (χ0v) is 29.4. The Hall–Kier alpha value is -5.00. The second-order valence-electron chi connectivity index (χ2n) is 11.6. The van der Waals surface area contributed by atoms with Crippen molar-refractivity contribution in [1.29, 1.82) is 5.41 Å².